The summed E-state index contributed by atoms with van der Waals surface area (Å²) in [6.45, 7) is 7.80. The Morgan fingerprint density at radius 3 is 2.79 bits per heavy atom. The van der Waals surface area contributed by atoms with Gasteiger partial charge < -0.3 is 20.3 Å². The predicted molar refractivity (Wildman–Crippen MR) is 75.8 cm³/mol. The first-order valence-corrected chi connectivity index (χ1v) is 6.71. The minimum atomic E-state index is -0.0370. The Kier molecular flexibility index (Phi) is 4.63. The van der Waals surface area contributed by atoms with Crippen molar-refractivity contribution in [3.63, 3.8) is 0 Å². The van der Waals surface area contributed by atoms with Gasteiger partial charge in [0.1, 0.15) is 5.75 Å². The van der Waals surface area contributed by atoms with Crippen LogP contribution in [0.3, 0.4) is 0 Å². The van der Waals surface area contributed by atoms with E-state index in [0.29, 0.717) is 6.61 Å². The van der Waals surface area contributed by atoms with E-state index in [1.807, 2.05) is 36.9 Å². The number of aryl methyl sites for hydroxylation is 1. The average Bonchev–Trinajstić information content (AvgIpc) is 2.43. The molecule has 1 aliphatic rings. The highest BCUT2D eigenvalue weighted by atomic mass is 16.5. The lowest BCUT2D eigenvalue weighted by Crippen LogP contribution is -2.48. The third-order valence-corrected chi connectivity index (χ3v) is 3.13. The van der Waals surface area contributed by atoms with Gasteiger partial charge in [-0.3, -0.25) is 0 Å². The van der Waals surface area contributed by atoms with Crippen LogP contribution in [0.1, 0.15) is 12.5 Å². The summed E-state index contributed by atoms with van der Waals surface area (Å²) in [4.78, 5) is 13.9. The van der Waals surface area contributed by atoms with Gasteiger partial charge in [-0.15, -0.1) is 0 Å². The maximum Gasteiger partial charge on any atom is 0.321 e. The fourth-order valence-corrected chi connectivity index (χ4v) is 2.12. The molecule has 0 saturated carbocycles. The Balaban J connectivity index is 1.98. The van der Waals surface area contributed by atoms with E-state index in [1.54, 1.807) is 0 Å². The van der Waals surface area contributed by atoms with Crippen molar-refractivity contribution >= 4 is 11.7 Å². The molecule has 0 spiro atoms. The normalized spacial score (nSPS) is 15.2. The monoisotopic (exact) mass is 263 g/mol. The van der Waals surface area contributed by atoms with Crippen molar-refractivity contribution in [2.45, 2.75) is 13.8 Å². The Bertz CT molecular complexity index is 442. The maximum absolute atomic E-state index is 12.0. The van der Waals surface area contributed by atoms with Crippen molar-refractivity contribution < 1.29 is 9.53 Å². The molecule has 0 radical (unpaired) electrons. The molecule has 1 heterocycles. The number of nitrogens with zero attached hydrogens (tertiary/aromatic N) is 1. The van der Waals surface area contributed by atoms with Gasteiger partial charge in [0.15, 0.2) is 0 Å². The van der Waals surface area contributed by atoms with E-state index >= 15 is 0 Å². The van der Waals surface area contributed by atoms with Crippen LogP contribution >= 0.6 is 0 Å². The predicted octanol–water partition coefficient (Wildman–Crippen LogP) is 1.83. The van der Waals surface area contributed by atoms with Crippen LogP contribution in [0, 0.1) is 6.92 Å². The molecule has 104 valence electrons. The van der Waals surface area contributed by atoms with Crippen molar-refractivity contribution in [1.29, 1.82) is 0 Å². The number of carbonyl (C=O) groups is 1. The van der Waals surface area contributed by atoms with E-state index in [2.05, 4.69) is 10.6 Å². The molecule has 0 aliphatic carbocycles. The van der Waals surface area contributed by atoms with Crippen LogP contribution in [0.15, 0.2) is 18.2 Å². The molecule has 1 saturated heterocycles. The number of rotatable bonds is 3. The van der Waals surface area contributed by atoms with Gasteiger partial charge in [-0.2, -0.15) is 0 Å². The number of ether oxygens (including phenoxy) is 1. The third kappa shape index (κ3) is 3.61. The first-order chi connectivity index (χ1) is 9.20. The van der Waals surface area contributed by atoms with Crippen molar-refractivity contribution in [3.8, 4) is 5.75 Å². The summed E-state index contributed by atoms with van der Waals surface area (Å²) in [6, 6.07) is 5.67. The SMILES string of the molecule is CCOc1ccc(NC(=O)N2CCNCC2)cc1C. The molecule has 19 heavy (non-hydrogen) atoms. The largest absolute Gasteiger partial charge is 0.494 e. The molecule has 2 amide bonds. The van der Waals surface area contributed by atoms with Crippen molar-refractivity contribution in [1.82, 2.24) is 10.2 Å². The van der Waals surface area contributed by atoms with Gasteiger partial charge in [-0.1, -0.05) is 0 Å². The molecule has 1 aromatic carbocycles. The number of hydrogen-bond donors (Lipinski definition) is 2. The summed E-state index contributed by atoms with van der Waals surface area (Å²) in [7, 11) is 0. The van der Waals surface area contributed by atoms with Crippen LogP contribution in [0.25, 0.3) is 0 Å². The number of benzene rings is 1. The fourth-order valence-electron chi connectivity index (χ4n) is 2.12. The van der Waals surface area contributed by atoms with E-state index in [4.69, 9.17) is 4.74 Å². The molecule has 1 fully saturated rings. The van der Waals surface area contributed by atoms with Gasteiger partial charge in [-0.25, -0.2) is 4.79 Å². The highest BCUT2D eigenvalue weighted by Crippen LogP contribution is 2.22. The fraction of sp³-hybridized carbons (Fsp3) is 0.500. The number of nitrogens with one attached hydrogen (secondary N) is 2. The van der Waals surface area contributed by atoms with Crippen LogP contribution in [0.5, 0.6) is 5.75 Å². The zero-order valence-electron chi connectivity index (χ0n) is 11.5. The molecule has 2 N–H and O–H groups in total. The minimum absolute atomic E-state index is 0.0370. The average molecular weight is 263 g/mol. The lowest BCUT2D eigenvalue weighted by atomic mass is 10.2. The van der Waals surface area contributed by atoms with E-state index in [-0.39, 0.29) is 6.03 Å². The van der Waals surface area contributed by atoms with E-state index in [9.17, 15) is 4.79 Å². The minimum Gasteiger partial charge on any atom is -0.494 e. The molecule has 0 aromatic heterocycles. The van der Waals surface area contributed by atoms with E-state index in [0.717, 1.165) is 43.2 Å². The number of urea groups is 1. The van der Waals surface area contributed by atoms with Crippen molar-refractivity contribution in [3.05, 3.63) is 23.8 Å². The zero-order valence-corrected chi connectivity index (χ0v) is 11.5. The number of amides is 2. The second-order valence-electron chi connectivity index (χ2n) is 4.58. The van der Waals surface area contributed by atoms with Crippen LogP contribution in [0.4, 0.5) is 10.5 Å². The molecule has 5 heteroatoms. The quantitative estimate of drug-likeness (QED) is 0.875. The van der Waals surface area contributed by atoms with E-state index in [1.165, 1.54) is 0 Å². The van der Waals surface area contributed by atoms with Gasteiger partial charge in [0.25, 0.3) is 0 Å². The molecular formula is C14H21N3O2. The smallest absolute Gasteiger partial charge is 0.321 e. The van der Waals surface area contributed by atoms with Gasteiger partial charge >= 0.3 is 6.03 Å². The summed E-state index contributed by atoms with van der Waals surface area (Å²) < 4.78 is 5.48. The van der Waals surface area contributed by atoms with Crippen LogP contribution in [0.2, 0.25) is 0 Å². The van der Waals surface area contributed by atoms with Crippen LogP contribution < -0.4 is 15.4 Å². The molecule has 2 rings (SSSR count). The Morgan fingerprint density at radius 1 is 1.42 bits per heavy atom. The number of piperazine rings is 1. The molecule has 0 atom stereocenters. The van der Waals surface area contributed by atoms with Crippen LogP contribution in [-0.4, -0.2) is 43.7 Å². The molecular weight excluding hydrogens is 242 g/mol. The second kappa shape index (κ2) is 6.43. The summed E-state index contributed by atoms with van der Waals surface area (Å²) in [6.07, 6.45) is 0. The highest BCUT2D eigenvalue weighted by Gasteiger charge is 2.16. The van der Waals surface area contributed by atoms with Crippen molar-refractivity contribution in [2.75, 3.05) is 38.1 Å². The van der Waals surface area contributed by atoms with Crippen molar-refractivity contribution in [2.24, 2.45) is 0 Å². The first-order valence-electron chi connectivity index (χ1n) is 6.71. The third-order valence-electron chi connectivity index (χ3n) is 3.13. The lowest BCUT2D eigenvalue weighted by Gasteiger charge is -2.27. The number of carbonyl (C=O) groups excluding carboxylic acids is 1. The summed E-state index contributed by atoms with van der Waals surface area (Å²) in [5.74, 6) is 0.864. The Morgan fingerprint density at radius 2 is 2.16 bits per heavy atom. The molecule has 5 nitrogen and oxygen atoms in total. The van der Waals surface area contributed by atoms with Gasteiger partial charge in [0.2, 0.25) is 0 Å². The standard InChI is InChI=1S/C14H21N3O2/c1-3-19-13-5-4-12(10-11(13)2)16-14(18)17-8-6-15-7-9-17/h4-5,10,15H,3,6-9H2,1-2H3,(H,16,18). The Labute approximate surface area is 113 Å². The van der Waals surface area contributed by atoms with Crippen LogP contribution in [-0.2, 0) is 0 Å². The summed E-state index contributed by atoms with van der Waals surface area (Å²) in [5, 5.41) is 6.15. The maximum atomic E-state index is 12.0. The highest BCUT2D eigenvalue weighted by molar-refractivity contribution is 5.89. The first kappa shape index (κ1) is 13.7. The molecule has 1 aromatic rings. The second-order valence-corrected chi connectivity index (χ2v) is 4.58. The topological polar surface area (TPSA) is 53.6 Å². The molecule has 0 bridgehead atoms. The zero-order chi connectivity index (χ0) is 13.7. The number of hydrogen-bond acceptors (Lipinski definition) is 3. The number of anilines is 1. The van der Waals surface area contributed by atoms with Gasteiger partial charge in [0.05, 0.1) is 6.61 Å². The van der Waals surface area contributed by atoms with Gasteiger partial charge in [-0.05, 0) is 37.6 Å². The molecule has 1 aliphatic heterocycles. The summed E-state index contributed by atoms with van der Waals surface area (Å²) in [5.41, 5.74) is 1.84. The summed E-state index contributed by atoms with van der Waals surface area (Å²) >= 11 is 0. The van der Waals surface area contributed by atoms with Gasteiger partial charge in [0, 0.05) is 31.9 Å². The van der Waals surface area contributed by atoms with E-state index < -0.39 is 0 Å². The lowest BCUT2D eigenvalue weighted by molar-refractivity contribution is 0.204. The molecule has 0 unspecified atom stereocenters. The Hall–Kier alpha value is -1.75.